The summed E-state index contributed by atoms with van der Waals surface area (Å²) in [5.41, 5.74) is 0. The van der Waals surface area contributed by atoms with Crippen LogP contribution in [0, 0.1) is 11.8 Å². The highest BCUT2D eigenvalue weighted by Gasteiger charge is 2.53. The van der Waals surface area contributed by atoms with Crippen molar-refractivity contribution in [3.8, 4) is 0 Å². The number of rotatable bonds is 16. The SMILES string of the molecule is CCCCC(F)(F)C(O)CC[C@H]1CC[C@H](O)[C@@H]1CCCCC=CC(=O)O[Si](c1ccccc1)(c1ccccc1)C(C)(C)C. The van der Waals surface area contributed by atoms with Gasteiger partial charge in [0.25, 0.3) is 5.92 Å². The Labute approximate surface area is 258 Å². The number of aliphatic hydroxyl groups is 2. The van der Waals surface area contributed by atoms with Crippen LogP contribution in [-0.4, -0.2) is 42.6 Å². The summed E-state index contributed by atoms with van der Waals surface area (Å²) >= 11 is 0. The van der Waals surface area contributed by atoms with E-state index in [0.717, 1.165) is 36.1 Å². The number of aliphatic hydroxyl groups excluding tert-OH is 2. The molecule has 43 heavy (non-hydrogen) atoms. The van der Waals surface area contributed by atoms with Gasteiger partial charge in [-0.05, 0) is 78.6 Å². The van der Waals surface area contributed by atoms with Crippen LogP contribution in [0.5, 0.6) is 0 Å². The molecule has 4 nitrogen and oxygen atoms in total. The van der Waals surface area contributed by atoms with Crippen LogP contribution in [-0.2, 0) is 9.22 Å². The van der Waals surface area contributed by atoms with E-state index in [9.17, 15) is 23.8 Å². The highest BCUT2D eigenvalue weighted by Crippen LogP contribution is 2.40. The Hall–Kier alpha value is -2.35. The maximum atomic E-state index is 14.2. The Morgan fingerprint density at radius 3 is 2.14 bits per heavy atom. The molecule has 7 heteroatoms. The van der Waals surface area contributed by atoms with Gasteiger partial charge in [0.15, 0.2) is 0 Å². The van der Waals surface area contributed by atoms with Crippen LogP contribution in [0.1, 0.15) is 98.3 Å². The zero-order chi connectivity index (χ0) is 31.5. The fourth-order valence-corrected chi connectivity index (χ4v) is 11.0. The van der Waals surface area contributed by atoms with E-state index in [1.807, 2.05) is 49.4 Å². The molecule has 238 valence electrons. The van der Waals surface area contributed by atoms with Crippen LogP contribution in [0.2, 0.25) is 5.04 Å². The molecular weight excluding hydrogens is 562 g/mol. The lowest BCUT2D eigenvalue weighted by Gasteiger charge is -2.41. The van der Waals surface area contributed by atoms with Gasteiger partial charge in [-0.2, -0.15) is 0 Å². The molecule has 0 amide bonds. The summed E-state index contributed by atoms with van der Waals surface area (Å²) < 4.78 is 34.9. The third kappa shape index (κ3) is 9.32. The van der Waals surface area contributed by atoms with E-state index >= 15 is 0 Å². The van der Waals surface area contributed by atoms with Gasteiger partial charge in [0, 0.05) is 12.5 Å². The smallest absolute Gasteiger partial charge is 0.324 e. The number of hydrogen-bond acceptors (Lipinski definition) is 4. The molecule has 2 N–H and O–H groups in total. The Morgan fingerprint density at radius 2 is 1.58 bits per heavy atom. The fraction of sp³-hybridized carbons (Fsp3) is 0.583. The molecule has 0 heterocycles. The fourth-order valence-electron chi connectivity index (χ4n) is 6.73. The molecule has 0 spiro atoms. The van der Waals surface area contributed by atoms with Gasteiger partial charge in [0.1, 0.15) is 6.10 Å². The second-order valence-electron chi connectivity index (χ2n) is 13.3. The lowest BCUT2D eigenvalue weighted by Crippen LogP contribution is -2.67. The third-order valence-corrected chi connectivity index (χ3v) is 14.1. The predicted octanol–water partition coefficient (Wildman–Crippen LogP) is 7.56. The number of alkyl halides is 2. The van der Waals surface area contributed by atoms with E-state index in [0.29, 0.717) is 32.1 Å². The van der Waals surface area contributed by atoms with Crippen LogP contribution >= 0.6 is 0 Å². The lowest BCUT2D eigenvalue weighted by atomic mass is 9.85. The largest absolute Gasteiger partial charge is 0.506 e. The van der Waals surface area contributed by atoms with Crippen molar-refractivity contribution in [3.05, 3.63) is 72.8 Å². The van der Waals surface area contributed by atoms with Crippen molar-refractivity contribution in [3.63, 3.8) is 0 Å². The summed E-state index contributed by atoms with van der Waals surface area (Å²) in [5, 5.41) is 22.5. The van der Waals surface area contributed by atoms with Crippen LogP contribution in [0.4, 0.5) is 8.78 Å². The van der Waals surface area contributed by atoms with Gasteiger partial charge < -0.3 is 14.6 Å². The second kappa shape index (κ2) is 16.1. The maximum absolute atomic E-state index is 14.2. The van der Waals surface area contributed by atoms with Gasteiger partial charge in [-0.1, -0.05) is 107 Å². The second-order valence-corrected chi connectivity index (χ2v) is 17.5. The minimum atomic E-state index is -3.05. The molecular formula is C36H52F2O4Si. The molecule has 1 saturated carbocycles. The molecule has 1 aliphatic carbocycles. The molecule has 4 atom stereocenters. The van der Waals surface area contributed by atoms with Crippen LogP contribution in [0.3, 0.4) is 0 Å². The normalized spacial score (nSPS) is 20.4. The van der Waals surface area contributed by atoms with Crippen LogP contribution in [0.15, 0.2) is 72.8 Å². The van der Waals surface area contributed by atoms with E-state index in [2.05, 4.69) is 45.0 Å². The minimum Gasteiger partial charge on any atom is -0.506 e. The molecule has 1 fully saturated rings. The molecule has 2 aromatic carbocycles. The quantitative estimate of drug-likeness (QED) is 0.116. The van der Waals surface area contributed by atoms with Crippen molar-refractivity contribution in [2.24, 2.45) is 11.8 Å². The predicted molar refractivity (Wildman–Crippen MR) is 173 cm³/mol. The van der Waals surface area contributed by atoms with Crippen molar-refractivity contribution in [2.75, 3.05) is 0 Å². The lowest BCUT2D eigenvalue weighted by molar-refractivity contribution is -0.129. The van der Waals surface area contributed by atoms with Gasteiger partial charge in [0.2, 0.25) is 0 Å². The molecule has 0 aromatic heterocycles. The van der Waals surface area contributed by atoms with E-state index < -0.39 is 26.4 Å². The highest BCUT2D eigenvalue weighted by atomic mass is 28.4. The number of allylic oxidation sites excluding steroid dienone is 1. The summed E-state index contributed by atoms with van der Waals surface area (Å²) in [6, 6.07) is 20.2. The number of benzene rings is 2. The number of halogens is 2. The Bertz CT molecular complexity index is 1090. The average Bonchev–Trinajstić information content (AvgIpc) is 3.34. The number of carbonyl (C=O) groups excluding carboxylic acids is 1. The van der Waals surface area contributed by atoms with Crippen molar-refractivity contribution >= 4 is 24.7 Å². The zero-order valence-corrected chi connectivity index (χ0v) is 27.5. The molecule has 0 aliphatic heterocycles. The number of hydrogen-bond donors (Lipinski definition) is 2. The van der Waals surface area contributed by atoms with E-state index in [-0.39, 0.29) is 35.7 Å². The summed E-state index contributed by atoms with van der Waals surface area (Å²) in [6.45, 7) is 8.28. The van der Waals surface area contributed by atoms with Gasteiger partial charge >= 0.3 is 14.3 Å². The van der Waals surface area contributed by atoms with Gasteiger partial charge in [0.05, 0.1) is 6.10 Å². The molecule has 1 aliphatic rings. The first-order valence-electron chi connectivity index (χ1n) is 16.2. The Kier molecular flexibility index (Phi) is 13.2. The number of carbonyl (C=O) groups is 1. The van der Waals surface area contributed by atoms with E-state index in [1.54, 1.807) is 6.08 Å². The highest BCUT2D eigenvalue weighted by molar-refractivity contribution is 7.00. The van der Waals surface area contributed by atoms with E-state index in [4.69, 9.17) is 4.43 Å². The summed E-state index contributed by atoms with van der Waals surface area (Å²) in [5.74, 6) is -3.16. The first-order chi connectivity index (χ1) is 20.4. The van der Waals surface area contributed by atoms with Gasteiger partial charge in [-0.25, -0.2) is 13.6 Å². The molecule has 1 unspecified atom stereocenters. The first kappa shape index (κ1) is 35.1. The summed E-state index contributed by atoms with van der Waals surface area (Å²) in [4.78, 5) is 13.3. The Balaban J connectivity index is 1.54. The van der Waals surface area contributed by atoms with Gasteiger partial charge in [-0.15, -0.1) is 0 Å². The Morgan fingerprint density at radius 1 is 0.977 bits per heavy atom. The zero-order valence-electron chi connectivity index (χ0n) is 26.5. The maximum Gasteiger partial charge on any atom is 0.324 e. The number of unbranched alkanes of at least 4 members (excludes halogenated alkanes) is 3. The molecule has 0 bridgehead atoms. The van der Waals surface area contributed by atoms with Crippen LogP contribution < -0.4 is 10.4 Å². The van der Waals surface area contributed by atoms with Crippen molar-refractivity contribution < 1.29 is 28.2 Å². The van der Waals surface area contributed by atoms with Crippen molar-refractivity contribution in [1.82, 2.24) is 0 Å². The molecule has 0 radical (unpaired) electrons. The van der Waals surface area contributed by atoms with Crippen molar-refractivity contribution in [1.29, 1.82) is 0 Å². The first-order valence-corrected chi connectivity index (χ1v) is 18.1. The van der Waals surface area contributed by atoms with Gasteiger partial charge in [-0.3, -0.25) is 0 Å². The van der Waals surface area contributed by atoms with Crippen molar-refractivity contribution in [2.45, 2.75) is 121 Å². The van der Waals surface area contributed by atoms with Crippen LogP contribution in [0.25, 0.3) is 0 Å². The molecule has 0 saturated heterocycles. The standard InChI is InChI=1S/C36H52F2O4Si/c1-5-6-27-36(37,38)33(40)26-24-28-23-25-32(39)31(28)21-15-7-8-16-22-34(41)42-43(35(2,3)4,29-17-11-9-12-18-29)30-19-13-10-14-20-30/h9-14,16-20,22,28,31-33,39-40H,5-8,15,21,23-27H2,1-4H3/t28-,31-,32+,33?/m1/s1. The molecule has 2 aromatic rings. The minimum absolute atomic E-state index is 0.0700. The summed E-state index contributed by atoms with van der Waals surface area (Å²) in [6.07, 6.45) is 7.53. The summed E-state index contributed by atoms with van der Waals surface area (Å²) in [7, 11) is -2.95. The topological polar surface area (TPSA) is 66.8 Å². The molecule has 3 rings (SSSR count). The average molecular weight is 615 g/mol. The monoisotopic (exact) mass is 614 g/mol. The third-order valence-electron chi connectivity index (χ3n) is 9.18. The van der Waals surface area contributed by atoms with E-state index in [1.165, 1.54) is 0 Å².